The van der Waals surface area contributed by atoms with Crippen molar-refractivity contribution in [2.75, 3.05) is 5.32 Å². The Bertz CT molecular complexity index is 556. The summed E-state index contributed by atoms with van der Waals surface area (Å²) in [6, 6.07) is 4.91. The van der Waals surface area contributed by atoms with Gasteiger partial charge in [0.15, 0.2) is 0 Å². The minimum Gasteiger partial charge on any atom is -0.477 e. The smallest absolute Gasteiger partial charge is 0.348 e. The predicted molar refractivity (Wildman–Crippen MR) is 66.5 cm³/mol. The molecule has 17 heavy (non-hydrogen) atoms. The third-order valence-electron chi connectivity index (χ3n) is 2.00. The van der Waals surface area contributed by atoms with Gasteiger partial charge in [-0.2, -0.15) is 0 Å². The molecule has 1 heterocycles. The zero-order chi connectivity index (χ0) is 12.6. The van der Waals surface area contributed by atoms with E-state index in [9.17, 15) is 9.59 Å². The molecule has 7 heteroatoms. The van der Waals surface area contributed by atoms with E-state index in [1.165, 1.54) is 0 Å². The molecule has 2 rings (SSSR count). The highest BCUT2D eigenvalue weighted by atomic mass is 35.5. The molecule has 1 aromatic carbocycles. The first-order valence-corrected chi connectivity index (χ1v) is 5.98. The van der Waals surface area contributed by atoms with Crippen molar-refractivity contribution in [3.05, 3.63) is 33.2 Å². The quantitative estimate of drug-likeness (QED) is 0.780. The highest BCUT2D eigenvalue weighted by Gasteiger charge is 2.26. The summed E-state index contributed by atoms with van der Waals surface area (Å²) in [5.74, 6) is -1.87. The molecule has 4 nitrogen and oxygen atoms in total. The van der Waals surface area contributed by atoms with E-state index in [0.717, 1.165) is 11.8 Å². The van der Waals surface area contributed by atoms with E-state index in [-0.39, 0.29) is 4.91 Å². The Morgan fingerprint density at radius 3 is 2.76 bits per heavy atom. The van der Waals surface area contributed by atoms with Gasteiger partial charge in [-0.05, 0) is 18.2 Å². The average Bonchev–Trinajstić information content (AvgIpc) is 2.27. The van der Waals surface area contributed by atoms with Gasteiger partial charge in [-0.1, -0.05) is 35.0 Å². The second-order valence-corrected chi connectivity index (χ2v) is 5.01. The Kier molecular flexibility index (Phi) is 3.33. The lowest BCUT2D eigenvalue weighted by Gasteiger charge is -2.18. The number of carbonyl (C=O) groups is 2. The molecule has 0 bridgehead atoms. The number of benzene rings is 1. The van der Waals surface area contributed by atoms with Crippen LogP contribution in [-0.2, 0) is 9.59 Å². The Balaban J connectivity index is 2.48. The van der Waals surface area contributed by atoms with Crippen LogP contribution in [0.4, 0.5) is 5.69 Å². The number of aliphatic carboxylic acids is 1. The van der Waals surface area contributed by atoms with E-state index >= 15 is 0 Å². The van der Waals surface area contributed by atoms with Crippen LogP contribution in [-0.4, -0.2) is 17.0 Å². The van der Waals surface area contributed by atoms with Crippen LogP contribution in [0.5, 0.6) is 0 Å². The number of thioether (sulfide) groups is 1. The summed E-state index contributed by atoms with van der Waals surface area (Å²) < 4.78 is 0. The lowest BCUT2D eigenvalue weighted by Crippen LogP contribution is -2.19. The maximum atomic E-state index is 11.6. The number of halogens is 2. The van der Waals surface area contributed by atoms with Crippen molar-refractivity contribution >= 4 is 52.5 Å². The van der Waals surface area contributed by atoms with Crippen molar-refractivity contribution in [1.29, 1.82) is 0 Å². The molecule has 1 aliphatic heterocycles. The first-order chi connectivity index (χ1) is 7.99. The number of carbonyl (C=O) groups excluding carboxylic acids is 1. The number of hydrogen-bond acceptors (Lipinski definition) is 3. The fourth-order valence-electron chi connectivity index (χ4n) is 1.26. The van der Waals surface area contributed by atoms with Gasteiger partial charge in [0.1, 0.15) is 9.94 Å². The Hall–Kier alpha value is -1.17. The summed E-state index contributed by atoms with van der Waals surface area (Å²) in [7, 11) is 0. The van der Waals surface area contributed by atoms with Crippen LogP contribution in [0.2, 0.25) is 5.02 Å². The van der Waals surface area contributed by atoms with Gasteiger partial charge in [-0.25, -0.2) is 4.79 Å². The van der Waals surface area contributed by atoms with E-state index in [1.54, 1.807) is 18.2 Å². The molecule has 0 saturated heterocycles. The topological polar surface area (TPSA) is 66.4 Å². The molecule has 0 aliphatic carbocycles. The minimum atomic E-state index is -1.34. The van der Waals surface area contributed by atoms with Gasteiger partial charge in [-0.15, -0.1) is 0 Å². The van der Waals surface area contributed by atoms with Crippen LogP contribution in [0, 0.1) is 0 Å². The normalized spacial score (nSPS) is 17.2. The molecule has 2 N–H and O–H groups in total. The van der Waals surface area contributed by atoms with E-state index < -0.39 is 16.9 Å². The summed E-state index contributed by atoms with van der Waals surface area (Å²) in [4.78, 5) is 22.9. The third-order valence-corrected chi connectivity index (χ3v) is 3.85. The van der Waals surface area contributed by atoms with Crippen molar-refractivity contribution in [3.8, 4) is 0 Å². The van der Waals surface area contributed by atoms with Crippen molar-refractivity contribution < 1.29 is 14.7 Å². The lowest BCUT2D eigenvalue weighted by atomic mass is 10.3. The van der Waals surface area contributed by atoms with E-state index in [1.807, 2.05) is 0 Å². The molecular formula is C10H5Cl2NO3S. The highest BCUT2D eigenvalue weighted by molar-refractivity contribution is 8.04. The number of fused-ring (bicyclic) bond motifs is 1. The number of nitrogens with one attached hydrogen (secondary N) is 1. The second-order valence-electron chi connectivity index (χ2n) is 3.14. The number of anilines is 1. The molecule has 0 atom stereocenters. The van der Waals surface area contributed by atoms with E-state index in [2.05, 4.69) is 5.32 Å². The Morgan fingerprint density at radius 2 is 2.12 bits per heavy atom. The molecule has 0 spiro atoms. The maximum Gasteiger partial charge on any atom is 0.348 e. The molecule has 0 saturated carbocycles. The SMILES string of the molecule is O=C(O)/C(Cl)=C1\Sc2cc(Cl)ccc2NC1=O. The van der Waals surface area contributed by atoms with Gasteiger partial charge in [0, 0.05) is 9.92 Å². The second kappa shape index (κ2) is 4.60. The first-order valence-electron chi connectivity index (χ1n) is 4.41. The predicted octanol–water partition coefficient (Wildman–Crippen LogP) is 2.92. The standard InChI is InChI=1S/C10H5Cl2NO3S/c11-4-1-2-5-6(3-4)17-8(9(14)13-5)7(12)10(15)16/h1-3H,(H,13,14)(H,15,16)/b8-7+. The van der Waals surface area contributed by atoms with Crippen LogP contribution < -0.4 is 5.32 Å². The molecule has 88 valence electrons. The number of hydrogen-bond donors (Lipinski definition) is 2. The summed E-state index contributed by atoms with van der Waals surface area (Å²) >= 11 is 12.4. The molecule has 0 aromatic heterocycles. The summed E-state index contributed by atoms with van der Waals surface area (Å²) in [5.41, 5.74) is 0.586. The lowest BCUT2D eigenvalue weighted by molar-refractivity contribution is -0.132. The van der Waals surface area contributed by atoms with Gasteiger partial charge >= 0.3 is 5.97 Å². The number of carboxylic acid groups (broad SMARTS) is 1. The van der Waals surface area contributed by atoms with Crippen LogP contribution >= 0.6 is 35.0 Å². The Morgan fingerprint density at radius 1 is 1.41 bits per heavy atom. The zero-order valence-electron chi connectivity index (χ0n) is 8.16. The molecule has 0 fully saturated rings. The maximum absolute atomic E-state index is 11.6. The van der Waals surface area contributed by atoms with E-state index in [0.29, 0.717) is 15.6 Å². The van der Waals surface area contributed by atoms with Crippen molar-refractivity contribution in [2.45, 2.75) is 4.90 Å². The molecule has 1 amide bonds. The number of carboxylic acids is 1. The minimum absolute atomic E-state index is 0.0473. The summed E-state index contributed by atoms with van der Waals surface area (Å²) in [5, 5.41) is 11.3. The molecular weight excluding hydrogens is 285 g/mol. The highest BCUT2D eigenvalue weighted by Crippen LogP contribution is 2.41. The fraction of sp³-hybridized carbons (Fsp3) is 0. The van der Waals surface area contributed by atoms with Gasteiger partial charge in [0.2, 0.25) is 0 Å². The van der Waals surface area contributed by atoms with Gasteiger partial charge < -0.3 is 10.4 Å². The van der Waals surface area contributed by atoms with Gasteiger partial charge in [0.25, 0.3) is 5.91 Å². The van der Waals surface area contributed by atoms with Crippen LogP contribution in [0.15, 0.2) is 33.0 Å². The third kappa shape index (κ3) is 2.41. The molecule has 1 aliphatic rings. The van der Waals surface area contributed by atoms with Crippen molar-refractivity contribution in [1.82, 2.24) is 0 Å². The van der Waals surface area contributed by atoms with Crippen molar-refractivity contribution in [3.63, 3.8) is 0 Å². The van der Waals surface area contributed by atoms with E-state index in [4.69, 9.17) is 28.3 Å². The number of amides is 1. The molecule has 0 radical (unpaired) electrons. The van der Waals surface area contributed by atoms with Crippen LogP contribution in [0.1, 0.15) is 0 Å². The zero-order valence-corrected chi connectivity index (χ0v) is 10.5. The first kappa shape index (κ1) is 12.3. The molecule has 0 unspecified atom stereocenters. The largest absolute Gasteiger partial charge is 0.477 e. The monoisotopic (exact) mass is 289 g/mol. The summed E-state index contributed by atoms with van der Waals surface area (Å²) in [6.07, 6.45) is 0. The van der Waals surface area contributed by atoms with Gasteiger partial charge in [-0.3, -0.25) is 4.79 Å². The van der Waals surface area contributed by atoms with Crippen molar-refractivity contribution in [2.24, 2.45) is 0 Å². The fourth-order valence-corrected chi connectivity index (χ4v) is 2.65. The van der Waals surface area contributed by atoms with Crippen LogP contribution in [0.25, 0.3) is 0 Å². The van der Waals surface area contributed by atoms with Gasteiger partial charge in [0.05, 0.1) is 5.69 Å². The molecule has 1 aromatic rings. The summed E-state index contributed by atoms with van der Waals surface area (Å²) in [6.45, 7) is 0. The van der Waals surface area contributed by atoms with Crippen LogP contribution in [0.3, 0.4) is 0 Å². The average molecular weight is 290 g/mol. The Labute approximate surface area is 111 Å². The number of rotatable bonds is 1.